The Morgan fingerprint density at radius 3 is 2.60 bits per heavy atom. The molecule has 1 aromatic rings. The minimum Gasteiger partial charge on any atom is -0.398 e. The van der Waals surface area contributed by atoms with Crippen molar-refractivity contribution in [1.82, 2.24) is 0 Å². The molecule has 0 saturated heterocycles. The van der Waals surface area contributed by atoms with Crippen LogP contribution in [0.3, 0.4) is 0 Å². The van der Waals surface area contributed by atoms with Crippen molar-refractivity contribution in [1.29, 1.82) is 0 Å². The fourth-order valence-corrected chi connectivity index (χ4v) is 1.73. The van der Waals surface area contributed by atoms with Crippen molar-refractivity contribution in [3.05, 3.63) is 18.2 Å². The van der Waals surface area contributed by atoms with Crippen LogP contribution in [0.2, 0.25) is 0 Å². The molecule has 6 nitrogen and oxygen atoms in total. The van der Waals surface area contributed by atoms with E-state index < -0.39 is 10.1 Å². The molecule has 15 heavy (non-hydrogen) atoms. The number of rotatable bonds is 4. The summed E-state index contributed by atoms with van der Waals surface area (Å²) >= 11 is 0. The minimum atomic E-state index is -4.28. The molecule has 0 amide bonds. The second-order valence-corrected chi connectivity index (χ2v) is 4.33. The van der Waals surface area contributed by atoms with Crippen LogP contribution in [0.5, 0.6) is 0 Å². The van der Waals surface area contributed by atoms with E-state index in [0.717, 1.165) is 0 Å². The highest BCUT2D eigenvalue weighted by atomic mass is 32.2. The maximum absolute atomic E-state index is 10.9. The second kappa shape index (κ2) is 4.47. The molecule has 0 aliphatic carbocycles. The lowest BCUT2D eigenvalue weighted by Crippen LogP contribution is -2.13. The molecule has 0 unspecified atom stereocenters. The van der Waals surface area contributed by atoms with Crippen molar-refractivity contribution in [2.24, 2.45) is 5.73 Å². The van der Waals surface area contributed by atoms with Crippen LogP contribution in [0.25, 0.3) is 0 Å². The Labute approximate surface area is 88.0 Å². The number of hydrogen-bond donors (Lipinski definition) is 4. The molecule has 0 aliphatic rings. The summed E-state index contributed by atoms with van der Waals surface area (Å²) in [5.74, 6) is 0. The first kappa shape index (κ1) is 11.8. The van der Waals surface area contributed by atoms with E-state index in [4.69, 9.17) is 16.0 Å². The number of hydrogen-bond acceptors (Lipinski definition) is 5. The third-order valence-corrected chi connectivity index (χ3v) is 2.67. The standard InChI is InChI=1S/C8H13N3O3S/c9-3-4-11-6-1-2-7(10)8(5-6)15(12,13)14/h1-2,5,11H,3-4,9-10H2,(H,12,13,14). The third kappa shape index (κ3) is 3.08. The van der Waals surface area contributed by atoms with Gasteiger partial charge in [0.1, 0.15) is 4.90 Å². The van der Waals surface area contributed by atoms with Crippen LogP contribution in [0.1, 0.15) is 0 Å². The van der Waals surface area contributed by atoms with Gasteiger partial charge in [-0.15, -0.1) is 0 Å². The predicted molar refractivity (Wildman–Crippen MR) is 58.2 cm³/mol. The Morgan fingerprint density at radius 2 is 2.07 bits per heavy atom. The molecule has 1 aromatic carbocycles. The average Bonchev–Trinajstić information content (AvgIpc) is 2.15. The van der Waals surface area contributed by atoms with Crippen LogP contribution in [0.15, 0.2) is 23.1 Å². The number of nitrogens with two attached hydrogens (primary N) is 2. The SMILES string of the molecule is NCCNc1ccc(N)c(S(=O)(=O)O)c1. The van der Waals surface area contributed by atoms with Gasteiger partial charge in [-0.05, 0) is 18.2 Å². The lowest BCUT2D eigenvalue weighted by Gasteiger charge is -2.07. The van der Waals surface area contributed by atoms with Gasteiger partial charge in [0, 0.05) is 18.8 Å². The van der Waals surface area contributed by atoms with Crippen molar-refractivity contribution < 1.29 is 13.0 Å². The molecule has 0 heterocycles. The van der Waals surface area contributed by atoms with Crippen molar-refractivity contribution in [2.75, 3.05) is 24.1 Å². The highest BCUT2D eigenvalue weighted by Crippen LogP contribution is 2.22. The highest BCUT2D eigenvalue weighted by molar-refractivity contribution is 7.86. The molecular formula is C8H13N3O3S. The molecule has 7 heteroatoms. The smallest absolute Gasteiger partial charge is 0.296 e. The summed E-state index contributed by atoms with van der Waals surface area (Å²) in [4.78, 5) is -0.301. The number of nitrogens with one attached hydrogen (secondary N) is 1. The van der Waals surface area contributed by atoms with Gasteiger partial charge in [0.25, 0.3) is 10.1 Å². The zero-order valence-corrected chi connectivity index (χ0v) is 8.79. The minimum absolute atomic E-state index is 0.01000. The molecule has 0 atom stereocenters. The Balaban J connectivity index is 3.06. The van der Waals surface area contributed by atoms with E-state index >= 15 is 0 Å². The first-order chi connectivity index (χ1) is 6.95. The van der Waals surface area contributed by atoms with Crippen molar-refractivity contribution in [3.8, 4) is 0 Å². The van der Waals surface area contributed by atoms with Gasteiger partial charge >= 0.3 is 0 Å². The van der Waals surface area contributed by atoms with E-state index in [2.05, 4.69) is 5.32 Å². The lowest BCUT2D eigenvalue weighted by atomic mass is 10.3. The molecule has 0 aliphatic heterocycles. The summed E-state index contributed by atoms with van der Waals surface area (Å²) in [5.41, 5.74) is 11.2. The largest absolute Gasteiger partial charge is 0.398 e. The molecule has 0 aromatic heterocycles. The Bertz CT molecular complexity index is 444. The van der Waals surface area contributed by atoms with Gasteiger partial charge in [0.05, 0.1) is 5.69 Å². The first-order valence-electron chi connectivity index (χ1n) is 4.26. The Morgan fingerprint density at radius 1 is 1.40 bits per heavy atom. The first-order valence-corrected chi connectivity index (χ1v) is 5.70. The molecule has 6 N–H and O–H groups in total. The lowest BCUT2D eigenvalue weighted by molar-refractivity contribution is 0.483. The van der Waals surface area contributed by atoms with E-state index in [1.807, 2.05) is 0 Å². The van der Waals surface area contributed by atoms with Gasteiger partial charge < -0.3 is 16.8 Å². The average molecular weight is 231 g/mol. The molecule has 0 fully saturated rings. The molecule has 1 rings (SSSR count). The normalized spacial score (nSPS) is 11.3. The van der Waals surface area contributed by atoms with E-state index in [1.54, 1.807) is 6.07 Å². The maximum Gasteiger partial charge on any atom is 0.296 e. The third-order valence-electron chi connectivity index (χ3n) is 1.76. The van der Waals surface area contributed by atoms with Gasteiger partial charge in [-0.1, -0.05) is 0 Å². The molecule has 84 valence electrons. The summed E-state index contributed by atoms with van der Waals surface area (Å²) in [7, 11) is -4.28. The topological polar surface area (TPSA) is 118 Å². The van der Waals surface area contributed by atoms with Gasteiger partial charge in [-0.3, -0.25) is 4.55 Å². The summed E-state index contributed by atoms with van der Waals surface area (Å²) in [6.07, 6.45) is 0. The number of nitrogen functional groups attached to an aromatic ring is 1. The zero-order valence-electron chi connectivity index (χ0n) is 7.97. The van der Waals surface area contributed by atoms with Gasteiger partial charge in [-0.25, -0.2) is 0 Å². The van der Waals surface area contributed by atoms with Crippen molar-refractivity contribution in [3.63, 3.8) is 0 Å². The van der Waals surface area contributed by atoms with E-state index in [1.165, 1.54) is 12.1 Å². The van der Waals surface area contributed by atoms with Gasteiger partial charge in [-0.2, -0.15) is 8.42 Å². The number of benzene rings is 1. The monoisotopic (exact) mass is 231 g/mol. The van der Waals surface area contributed by atoms with E-state index in [-0.39, 0.29) is 10.6 Å². The van der Waals surface area contributed by atoms with Crippen LogP contribution in [-0.4, -0.2) is 26.1 Å². The van der Waals surface area contributed by atoms with Crippen molar-refractivity contribution in [2.45, 2.75) is 4.90 Å². The van der Waals surface area contributed by atoms with E-state index in [9.17, 15) is 8.42 Å². The number of anilines is 2. The van der Waals surface area contributed by atoms with Crippen LogP contribution < -0.4 is 16.8 Å². The molecule has 0 spiro atoms. The van der Waals surface area contributed by atoms with Crippen LogP contribution in [-0.2, 0) is 10.1 Å². The highest BCUT2D eigenvalue weighted by Gasteiger charge is 2.14. The fraction of sp³-hybridized carbons (Fsp3) is 0.250. The predicted octanol–water partition coefficient (Wildman–Crippen LogP) is -0.114. The molecule has 0 saturated carbocycles. The second-order valence-electron chi connectivity index (χ2n) is 2.94. The van der Waals surface area contributed by atoms with Crippen LogP contribution in [0, 0.1) is 0 Å². The van der Waals surface area contributed by atoms with Gasteiger partial charge in [0.2, 0.25) is 0 Å². The summed E-state index contributed by atoms with van der Waals surface area (Å²) in [6.45, 7) is 0.931. The van der Waals surface area contributed by atoms with Crippen LogP contribution >= 0.6 is 0 Å². The quantitative estimate of drug-likeness (QED) is 0.424. The zero-order chi connectivity index (χ0) is 11.5. The summed E-state index contributed by atoms with van der Waals surface area (Å²) in [5, 5.41) is 2.88. The Hall–Kier alpha value is -1.31. The maximum atomic E-state index is 10.9. The van der Waals surface area contributed by atoms with Crippen molar-refractivity contribution >= 4 is 21.5 Å². The molecule has 0 radical (unpaired) electrons. The summed E-state index contributed by atoms with van der Waals surface area (Å²) in [6, 6.07) is 4.28. The molecular weight excluding hydrogens is 218 g/mol. The van der Waals surface area contributed by atoms with Crippen LogP contribution in [0.4, 0.5) is 11.4 Å². The fourth-order valence-electron chi connectivity index (χ4n) is 1.08. The van der Waals surface area contributed by atoms with E-state index in [0.29, 0.717) is 18.8 Å². The molecule has 0 bridgehead atoms. The Kier molecular flexibility index (Phi) is 3.51. The van der Waals surface area contributed by atoms with Gasteiger partial charge in [0.15, 0.2) is 0 Å². The summed E-state index contributed by atoms with van der Waals surface area (Å²) < 4.78 is 30.7.